The molecule has 1 unspecified atom stereocenters. The second-order valence-electron chi connectivity index (χ2n) is 4.98. The van der Waals surface area contributed by atoms with Gasteiger partial charge in [-0.1, -0.05) is 0 Å². The van der Waals surface area contributed by atoms with Gasteiger partial charge in [-0.15, -0.1) is 11.3 Å². The maximum Gasteiger partial charge on any atom is 0.325 e. The van der Waals surface area contributed by atoms with E-state index in [9.17, 15) is 9.90 Å². The molecule has 0 aliphatic carbocycles. The fourth-order valence-electron chi connectivity index (χ4n) is 2.49. The Morgan fingerprint density at radius 3 is 3.06 bits per heavy atom. The summed E-state index contributed by atoms with van der Waals surface area (Å²) in [5, 5.41) is 11.4. The summed E-state index contributed by atoms with van der Waals surface area (Å²) in [6.45, 7) is 2.71. The van der Waals surface area contributed by atoms with Crippen molar-refractivity contribution in [1.82, 2.24) is 9.80 Å². The van der Waals surface area contributed by atoms with Crippen LogP contribution in [-0.4, -0.2) is 54.6 Å². The van der Waals surface area contributed by atoms with Gasteiger partial charge in [-0.2, -0.15) is 0 Å². The number of fused-ring (bicyclic) bond motifs is 1. The van der Waals surface area contributed by atoms with E-state index in [0.29, 0.717) is 0 Å². The molecule has 0 fully saturated rings. The second-order valence-corrected chi connectivity index (χ2v) is 5.98. The number of nitrogens with zero attached hydrogens (tertiary/aromatic N) is 2. The van der Waals surface area contributed by atoms with E-state index in [0.717, 1.165) is 38.0 Å². The quantitative estimate of drug-likeness (QED) is 0.882. The van der Waals surface area contributed by atoms with Crippen LogP contribution in [0.5, 0.6) is 0 Å². The summed E-state index contributed by atoms with van der Waals surface area (Å²) < 4.78 is 0. The highest BCUT2D eigenvalue weighted by Gasteiger charge is 2.33. The molecule has 1 aromatic heterocycles. The van der Waals surface area contributed by atoms with Crippen LogP contribution < -0.4 is 0 Å². The van der Waals surface area contributed by atoms with E-state index < -0.39 is 12.0 Å². The van der Waals surface area contributed by atoms with Crippen LogP contribution in [0.25, 0.3) is 0 Å². The van der Waals surface area contributed by atoms with Crippen LogP contribution in [0.4, 0.5) is 0 Å². The average molecular weight is 268 g/mol. The Morgan fingerprint density at radius 2 is 2.39 bits per heavy atom. The van der Waals surface area contributed by atoms with E-state index in [1.807, 2.05) is 25.5 Å². The average Bonchev–Trinajstić information content (AvgIpc) is 2.75. The van der Waals surface area contributed by atoms with Gasteiger partial charge in [0.25, 0.3) is 0 Å². The lowest BCUT2D eigenvalue weighted by molar-refractivity contribution is -0.144. The van der Waals surface area contributed by atoms with E-state index in [1.165, 1.54) is 4.88 Å². The molecule has 0 amide bonds. The van der Waals surface area contributed by atoms with Crippen LogP contribution in [0.2, 0.25) is 0 Å². The minimum absolute atomic E-state index is 0.442. The van der Waals surface area contributed by atoms with E-state index in [2.05, 4.69) is 9.80 Å². The van der Waals surface area contributed by atoms with E-state index in [4.69, 9.17) is 0 Å². The number of thiophene rings is 1. The number of carboxylic acids is 1. The Kier molecular flexibility index (Phi) is 4.37. The third-order valence-corrected chi connectivity index (χ3v) is 4.35. The Hall–Kier alpha value is -0.910. The van der Waals surface area contributed by atoms with Crippen LogP contribution >= 0.6 is 11.3 Å². The van der Waals surface area contributed by atoms with Crippen LogP contribution in [0.3, 0.4) is 0 Å². The van der Waals surface area contributed by atoms with Crippen molar-refractivity contribution in [1.29, 1.82) is 0 Å². The minimum Gasteiger partial charge on any atom is -0.480 e. The number of hydrogen-bond donors (Lipinski definition) is 1. The number of hydrogen-bond acceptors (Lipinski definition) is 4. The molecule has 100 valence electrons. The second kappa shape index (κ2) is 5.82. The molecule has 5 heteroatoms. The summed E-state index contributed by atoms with van der Waals surface area (Å²) in [6, 6.07) is 1.53. The molecular formula is C13H20N2O2S. The van der Waals surface area contributed by atoms with Crippen molar-refractivity contribution in [2.45, 2.75) is 18.9 Å². The monoisotopic (exact) mass is 268 g/mol. The molecule has 2 rings (SSSR count). The number of aliphatic carboxylic acids is 1. The zero-order valence-electron chi connectivity index (χ0n) is 10.9. The Balaban J connectivity index is 2.05. The van der Waals surface area contributed by atoms with Gasteiger partial charge in [-0.3, -0.25) is 9.69 Å². The van der Waals surface area contributed by atoms with Crippen molar-refractivity contribution >= 4 is 17.3 Å². The van der Waals surface area contributed by atoms with Crippen LogP contribution in [0.15, 0.2) is 11.4 Å². The van der Waals surface area contributed by atoms with Crippen molar-refractivity contribution in [2.24, 2.45) is 0 Å². The molecule has 1 aromatic rings. The number of carbonyl (C=O) groups is 1. The van der Waals surface area contributed by atoms with Crippen LogP contribution in [-0.2, 0) is 11.2 Å². The van der Waals surface area contributed by atoms with E-state index in [-0.39, 0.29) is 0 Å². The van der Waals surface area contributed by atoms with Crippen molar-refractivity contribution in [3.63, 3.8) is 0 Å². The molecule has 1 aliphatic heterocycles. The fraction of sp³-hybridized carbons (Fsp3) is 0.615. The first-order chi connectivity index (χ1) is 8.59. The van der Waals surface area contributed by atoms with Gasteiger partial charge < -0.3 is 10.0 Å². The predicted octanol–water partition coefficient (Wildman–Crippen LogP) is 1.68. The zero-order valence-corrected chi connectivity index (χ0v) is 11.7. The maximum atomic E-state index is 11.5. The smallest absolute Gasteiger partial charge is 0.325 e. The van der Waals surface area contributed by atoms with Gasteiger partial charge in [0.1, 0.15) is 6.04 Å². The Morgan fingerprint density at radius 1 is 1.61 bits per heavy atom. The highest BCUT2D eigenvalue weighted by atomic mass is 32.1. The summed E-state index contributed by atoms with van der Waals surface area (Å²) in [6.07, 6.45) is 2.00. The van der Waals surface area contributed by atoms with Crippen LogP contribution in [0.1, 0.15) is 22.9 Å². The highest BCUT2D eigenvalue weighted by Crippen LogP contribution is 2.33. The molecule has 1 atom stereocenters. The number of carboxylic acid groups (broad SMARTS) is 1. The highest BCUT2D eigenvalue weighted by molar-refractivity contribution is 7.10. The largest absolute Gasteiger partial charge is 0.480 e. The van der Waals surface area contributed by atoms with Gasteiger partial charge in [-0.05, 0) is 50.5 Å². The third kappa shape index (κ3) is 2.91. The van der Waals surface area contributed by atoms with Crippen molar-refractivity contribution < 1.29 is 9.90 Å². The van der Waals surface area contributed by atoms with Gasteiger partial charge in [0.2, 0.25) is 0 Å². The lowest BCUT2D eigenvalue weighted by Crippen LogP contribution is -2.40. The number of rotatable bonds is 5. The predicted molar refractivity (Wildman–Crippen MR) is 73.1 cm³/mol. The summed E-state index contributed by atoms with van der Waals surface area (Å²) in [5.74, 6) is -0.723. The molecule has 0 spiro atoms. The molecular weight excluding hydrogens is 248 g/mol. The minimum atomic E-state index is -0.723. The van der Waals surface area contributed by atoms with E-state index >= 15 is 0 Å². The molecule has 0 radical (unpaired) electrons. The topological polar surface area (TPSA) is 43.8 Å². The molecule has 0 saturated heterocycles. The van der Waals surface area contributed by atoms with Crippen molar-refractivity contribution in [3.05, 3.63) is 21.9 Å². The maximum absolute atomic E-state index is 11.5. The third-order valence-electron chi connectivity index (χ3n) is 3.35. The fourth-order valence-corrected chi connectivity index (χ4v) is 3.39. The molecule has 1 aliphatic rings. The SMILES string of the molecule is CN(C)CCCN1CCc2sccc2C1C(=O)O. The first-order valence-corrected chi connectivity index (χ1v) is 7.15. The lowest BCUT2D eigenvalue weighted by Gasteiger charge is -2.33. The summed E-state index contributed by atoms with van der Waals surface area (Å²) in [4.78, 5) is 16.9. The normalized spacial score (nSPS) is 20.1. The summed E-state index contributed by atoms with van der Waals surface area (Å²) in [7, 11) is 4.09. The van der Waals surface area contributed by atoms with Gasteiger partial charge in [0, 0.05) is 18.0 Å². The van der Waals surface area contributed by atoms with Gasteiger partial charge in [0.15, 0.2) is 0 Å². The molecule has 0 bridgehead atoms. The summed E-state index contributed by atoms with van der Waals surface area (Å²) in [5.41, 5.74) is 1.00. The van der Waals surface area contributed by atoms with Crippen molar-refractivity contribution in [2.75, 3.05) is 33.7 Å². The zero-order chi connectivity index (χ0) is 13.1. The van der Waals surface area contributed by atoms with Gasteiger partial charge in [0.05, 0.1) is 0 Å². The first kappa shape index (κ1) is 13.5. The lowest BCUT2D eigenvalue weighted by atomic mass is 10.00. The molecule has 1 N–H and O–H groups in total. The van der Waals surface area contributed by atoms with Gasteiger partial charge in [-0.25, -0.2) is 0 Å². The molecule has 18 heavy (non-hydrogen) atoms. The molecule has 2 heterocycles. The first-order valence-electron chi connectivity index (χ1n) is 6.27. The molecule has 4 nitrogen and oxygen atoms in total. The molecule has 0 aromatic carbocycles. The van der Waals surface area contributed by atoms with Crippen LogP contribution in [0, 0.1) is 0 Å². The summed E-state index contributed by atoms with van der Waals surface area (Å²) >= 11 is 1.68. The van der Waals surface area contributed by atoms with Gasteiger partial charge >= 0.3 is 5.97 Å². The Labute approximate surface area is 112 Å². The molecule has 0 saturated carbocycles. The Bertz CT molecular complexity index is 417. The van der Waals surface area contributed by atoms with E-state index in [1.54, 1.807) is 11.3 Å². The standard InChI is InChI=1S/C13H20N2O2S/c1-14(2)6-3-7-15-8-4-11-10(5-9-18-11)12(15)13(16)17/h5,9,12H,3-4,6-8H2,1-2H3,(H,16,17). The van der Waals surface area contributed by atoms with Crippen molar-refractivity contribution in [3.8, 4) is 0 Å².